The third-order valence-electron chi connectivity index (χ3n) is 2.42. The van der Waals surface area contributed by atoms with Gasteiger partial charge in [-0.2, -0.15) is 0 Å². The van der Waals surface area contributed by atoms with Crippen LogP contribution >= 0.6 is 15.9 Å². The van der Waals surface area contributed by atoms with E-state index in [1.807, 2.05) is 20.8 Å². The fraction of sp³-hybridized carbons (Fsp3) is 0.909. The highest BCUT2D eigenvalue weighted by Crippen LogP contribution is 2.28. The van der Waals surface area contributed by atoms with Gasteiger partial charge in [0, 0.05) is 11.9 Å². The summed E-state index contributed by atoms with van der Waals surface area (Å²) in [6, 6.07) is 0. The second-order valence-corrected chi connectivity index (χ2v) is 5.85. The number of carbonyl (C=O) groups excluding carboxylic acids is 1. The Hall–Kier alpha value is -0.320. The summed E-state index contributed by atoms with van der Waals surface area (Å²) in [5.74, 6) is 0. The fourth-order valence-corrected chi connectivity index (χ4v) is 2.14. The third-order valence-corrected chi connectivity index (χ3v) is 3.42. The quantitative estimate of drug-likeness (QED) is 0.696. The van der Waals surface area contributed by atoms with E-state index in [9.17, 15) is 9.18 Å². The van der Waals surface area contributed by atoms with Crippen LogP contribution in [0.1, 0.15) is 33.6 Å². The van der Waals surface area contributed by atoms with Crippen LogP contribution in [-0.4, -0.2) is 40.7 Å². The molecule has 0 aromatic rings. The van der Waals surface area contributed by atoms with Crippen LogP contribution < -0.4 is 0 Å². The number of rotatable bonds is 1. The van der Waals surface area contributed by atoms with E-state index in [2.05, 4.69) is 15.9 Å². The average Bonchev–Trinajstić information content (AvgIpc) is 2.15. The average molecular weight is 296 g/mol. The maximum atomic E-state index is 14.0. The van der Waals surface area contributed by atoms with Crippen molar-refractivity contribution in [2.24, 2.45) is 0 Å². The number of likely N-dealkylation sites (tertiary alicyclic amines) is 1. The largest absolute Gasteiger partial charge is 0.444 e. The Labute approximate surface area is 104 Å². The van der Waals surface area contributed by atoms with Crippen molar-refractivity contribution in [3.63, 3.8) is 0 Å². The zero-order valence-electron chi connectivity index (χ0n) is 10.1. The number of hydrogen-bond acceptors (Lipinski definition) is 2. The van der Waals surface area contributed by atoms with Crippen molar-refractivity contribution in [1.82, 2.24) is 4.90 Å². The minimum Gasteiger partial charge on any atom is -0.444 e. The van der Waals surface area contributed by atoms with Crippen LogP contribution in [0.15, 0.2) is 0 Å². The highest BCUT2D eigenvalue weighted by atomic mass is 79.9. The number of amides is 1. The van der Waals surface area contributed by atoms with Crippen molar-refractivity contribution in [3.8, 4) is 0 Å². The summed E-state index contributed by atoms with van der Waals surface area (Å²) in [4.78, 5) is 13.2. The molecule has 0 spiro atoms. The monoisotopic (exact) mass is 295 g/mol. The minimum atomic E-state index is -1.31. The zero-order chi connectivity index (χ0) is 12.4. The van der Waals surface area contributed by atoms with Crippen molar-refractivity contribution < 1.29 is 13.9 Å². The summed E-state index contributed by atoms with van der Waals surface area (Å²) in [5, 5.41) is 0.263. The molecule has 1 amide bonds. The molecule has 1 rings (SSSR count). The van der Waals surface area contributed by atoms with E-state index < -0.39 is 17.4 Å². The van der Waals surface area contributed by atoms with Gasteiger partial charge in [-0.05, 0) is 33.6 Å². The molecule has 1 heterocycles. The minimum absolute atomic E-state index is 0.118. The van der Waals surface area contributed by atoms with Gasteiger partial charge >= 0.3 is 6.09 Å². The first-order valence-corrected chi connectivity index (χ1v) is 6.61. The van der Waals surface area contributed by atoms with Gasteiger partial charge in [0.2, 0.25) is 0 Å². The van der Waals surface area contributed by atoms with Gasteiger partial charge in [-0.15, -0.1) is 0 Å². The highest BCUT2D eigenvalue weighted by molar-refractivity contribution is 9.09. The van der Waals surface area contributed by atoms with E-state index in [-0.39, 0.29) is 11.9 Å². The van der Waals surface area contributed by atoms with Crippen molar-refractivity contribution >= 4 is 22.0 Å². The van der Waals surface area contributed by atoms with Gasteiger partial charge in [-0.25, -0.2) is 9.18 Å². The molecule has 5 heteroatoms. The van der Waals surface area contributed by atoms with Crippen molar-refractivity contribution in [2.45, 2.75) is 44.9 Å². The standard InChI is InChI=1S/C11H19BrFNO2/c1-10(2,3)16-9(15)14-6-4-5-11(13,7-12)8-14/h4-8H2,1-3H3. The van der Waals surface area contributed by atoms with E-state index in [0.29, 0.717) is 19.4 Å². The SMILES string of the molecule is CC(C)(C)OC(=O)N1CCCC(F)(CBr)C1. The van der Waals surface area contributed by atoms with Crippen LogP contribution in [0.5, 0.6) is 0 Å². The molecule has 1 atom stereocenters. The van der Waals surface area contributed by atoms with Gasteiger partial charge in [0.05, 0.1) is 6.54 Å². The molecule has 1 aliphatic rings. The lowest BCUT2D eigenvalue weighted by Gasteiger charge is -2.37. The summed E-state index contributed by atoms with van der Waals surface area (Å²) in [7, 11) is 0. The van der Waals surface area contributed by atoms with Gasteiger partial charge in [-0.1, -0.05) is 15.9 Å². The number of ether oxygens (including phenoxy) is 1. The number of nitrogens with zero attached hydrogens (tertiary/aromatic N) is 1. The predicted molar refractivity (Wildman–Crippen MR) is 64.7 cm³/mol. The first-order valence-electron chi connectivity index (χ1n) is 5.49. The van der Waals surface area contributed by atoms with Crippen LogP contribution in [0.25, 0.3) is 0 Å². The number of halogens is 2. The lowest BCUT2D eigenvalue weighted by Crippen LogP contribution is -2.50. The Morgan fingerprint density at radius 3 is 2.69 bits per heavy atom. The summed E-state index contributed by atoms with van der Waals surface area (Å²) in [6.45, 7) is 6.12. The van der Waals surface area contributed by atoms with Gasteiger partial charge in [0.1, 0.15) is 11.3 Å². The van der Waals surface area contributed by atoms with E-state index in [0.717, 1.165) is 0 Å². The number of piperidine rings is 1. The van der Waals surface area contributed by atoms with Crippen molar-refractivity contribution in [1.29, 1.82) is 0 Å². The van der Waals surface area contributed by atoms with Crippen molar-refractivity contribution in [2.75, 3.05) is 18.4 Å². The second kappa shape index (κ2) is 4.90. The topological polar surface area (TPSA) is 29.5 Å². The molecule has 1 aliphatic heterocycles. The summed E-state index contributed by atoms with van der Waals surface area (Å²) >= 11 is 3.15. The predicted octanol–water partition coefficient (Wildman–Crippen LogP) is 3.12. The first-order chi connectivity index (χ1) is 7.26. The number of alkyl halides is 2. The smallest absolute Gasteiger partial charge is 0.410 e. The summed E-state index contributed by atoms with van der Waals surface area (Å²) in [5.41, 5.74) is -1.84. The Balaban J connectivity index is 2.57. The van der Waals surface area contributed by atoms with Crippen LogP contribution in [0.3, 0.4) is 0 Å². The number of carbonyl (C=O) groups is 1. The zero-order valence-corrected chi connectivity index (χ0v) is 11.6. The summed E-state index contributed by atoms with van der Waals surface area (Å²) < 4.78 is 19.3. The first kappa shape index (κ1) is 13.7. The van der Waals surface area contributed by atoms with Crippen LogP contribution in [0.4, 0.5) is 9.18 Å². The third kappa shape index (κ3) is 3.92. The van der Waals surface area contributed by atoms with E-state index in [4.69, 9.17) is 4.74 Å². The molecule has 1 saturated heterocycles. The van der Waals surface area contributed by atoms with Crippen molar-refractivity contribution in [3.05, 3.63) is 0 Å². The molecule has 94 valence electrons. The molecule has 0 N–H and O–H groups in total. The van der Waals surface area contributed by atoms with E-state index >= 15 is 0 Å². The highest BCUT2D eigenvalue weighted by Gasteiger charge is 2.37. The molecule has 3 nitrogen and oxygen atoms in total. The van der Waals surface area contributed by atoms with Crippen LogP contribution in [-0.2, 0) is 4.74 Å². The lowest BCUT2D eigenvalue weighted by atomic mass is 9.97. The van der Waals surface area contributed by atoms with Crippen LogP contribution in [0, 0.1) is 0 Å². The van der Waals surface area contributed by atoms with Gasteiger partial charge in [0.15, 0.2) is 0 Å². The molecule has 0 aromatic carbocycles. The Morgan fingerprint density at radius 2 is 2.19 bits per heavy atom. The molecule has 0 aromatic heterocycles. The molecule has 1 unspecified atom stereocenters. The Kier molecular flexibility index (Phi) is 4.21. The maximum Gasteiger partial charge on any atom is 0.410 e. The van der Waals surface area contributed by atoms with Gasteiger partial charge in [-0.3, -0.25) is 0 Å². The van der Waals surface area contributed by atoms with Gasteiger partial charge in [0.25, 0.3) is 0 Å². The summed E-state index contributed by atoms with van der Waals surface area (Å²) in [6.07, 6.45) is 0.758. The van der Waals surface area contributed by atoms with Gasteiger partial charge < -0.3 is 9.64 Å². The number of hydrogen-bond donors (Lipinski definition) is 0. The van der Waals surface area contributed by atoms with Crippen LogP contribution in [0.2, 0.25) is 0 Å². The molecule has 0 aliphatic carbocycles. The molecular weight excluding hydrogens is 277 g/mol. The lowest BCUT2D eigenvalue weighted by molar-refractivity contribution is 0.000453. The Morgan fingerprint density at radius 1 is 1.56 bits per heavy atom. The van der Waals surface area contributed by atoms with E-state index in [1.165, 1.54) is 4.90 Å². The van der Waals surface area contributed by atoms with E-state index in [1.54, 1.807) is 0 Å². The molecule has 1 fully saturated rings. The fourth-order valence-electron chi connectivity index (χ4n) is 1.68. The maximum absolute atomic E-state index is 14.0. The molecule has 0 radical (unpaired) electrons. The molecule has 0 bridgehead atoms. The second-order valence-electron chi connectivity index (χ2n) is 5.29. The molecule has 16 heavy (non-hydrogen) atoms. The Bertz CT molecular complexity index is 267. The molecule has 0 saturated carbocycles. The molecular formula is C11H19BrFNO2. The normalized spacial score (nSPS) is 26.7.